The lowest BCUT2D eigenvalue weighted by atomic mass is 9.79. The first kappa shape index (κ1) is 18.3. The van der Waals surface area contributed by atoms with Gasteiger partial charge >= 0.3 is 5.97 Å². The second-order valence-electron chi connectivity index (χ2n) is 5.63. The van der Waals surface area contributed by atoms with E-state index in [4.69, 9.17) is 4.74 Å². The monoisotopic (exact) mass is 398 g/mol. The fourth-order valence-electron chi connectivity index (χ4n) is 2.83. The summed E-state index contributed by atoms with van der Waals surface area (Å²) in [6.07, 6.45) is 2.59. The zero-order chi connectivity index (χ0) is 17.7. The van der Waals surface area contributed by atoms with Crippen molar-refractivity contribution in [1.82, 2.24) is 10.9 Å². The van der Waals surface area contributed by atoms with Crippen LogP contribution >= 0.6 is 15.9 Å². The summed E-state index contributed by atoms with van der Waals surface area (Å²) >= 11 is 3.28. The number of carbonyl (C=O) groups excluding carboxylic acids is 2. The highest BCUT2D eigenvalue weighted by Gasteiger charge is 2.35. The van der Waals surface area contributed by atoms with Gasteiger partial charge in [0.05, 0.1) is 23.4 Å². The normalized spacial score (nSPS) is 20.1. The molecule has 24 heavy (non-hydrogen) atoms. The molecule has 2 rings (SSSR count). The molecule has 0 saturated heterocycles. The van der Waals surface area contributed by atoms with Crippen molar-refractivity contribution in [2.45, 2.75) is 25.7 Å². The lowest BCUT2D eigenvalue weighted by molar-refractivity contribution is -0.149. The first-order valence-corrected chi connectivity index (χ1v) is 8.40. The van der Waals surface area contributed by atoms with Gasteiger partial charge < -0.3 is 9.84 Å². The van der Waals surface area contributed by atoms with Crippen LogP contribution < -0.4 is 15.6 Å². The Morgan fingerprint density at radius 1 is 1.17 bits per heavy atom. The van der Waals surface area contributed by atoms with E-state index >= 15 is 0 Å². The number of hydrogen-bond donors (Lipinski definition) is 3. The summed E-state index contributed by atoms with van der Waals surface area (Å²) in [6, 6.07) is 4.76. The van der Waals surface area contributed by atoms with Crippen LogP contribution in [0.3, 0.4) is 0 Å². The molecule has 0 unspecified atom stereocenters. The SMILES string of the molecule is COc1ccc(C(=O)NNC(=O)[C@H]2CCCC[C@@H]2C(=O)O)cc1Br. The minimum Gasteiger partial charge on any atom is -0.496 e. The number of rotatable bonds is 4. The molecule has 0 heterocycles. The number of halogens is 1. The van der Waals surface area contributed by atoms with Gasteiger partial charge in [-0.25, -0.2) is 0 Å². The molecule has 0 bridgehead atoms. The number of benzene rings is 1. The Bertz CT molecular complexity index is 649. The number of amides is 2. The quantitative estimate of drug-likeness (QED) is 0.673. The fraction of sp³-hybridized carbons (Fsp3) is 0.438. The molecule has 0 spiro atoms. The van der Waals surface area contributed by atoms with Crippen LogP contribution in [0.5, 0.6) is 5.75 Å². The summed E-state index contributed by atoms with van der Waals surface area (Å²) in [5, 5.41) is 9.21. The first-order chi connectivity index (χ1) is 11.4. The molecule has 2 amide bonds. The van der Waals surface area contributed by atoms with Crippen molar-refractivity contribution in [2.24, 2.45) is 11.8 Å². The van der Waals surface area contributed by atoms with Crippen molar-refractivity contribution in [3.8, 4) is 5.75 Å². The van der Waals surface area contributed by atoms with E-state index in [0.29, 0.717) is 28.6 Å². The van der Waals surface area contributed by atoms with Crippen LogP contribution in [0.25, 0.3) is 0 Å². The molecule has 130 valence electrons. The maximum atomic E-state index is 12.2. The number of carboxylic acids is 1. The van der Waals surface area contributed by atoms with Gasteiger partial charge in [0.2, 0.25) is 5.91 Å². The lowest BCUT2D eigenvalue weighted by Gasteiger charge is -2.27. The average molecular weight is 399 g/mol. The second kappa shape index (κ2) is 8.14. The van der Waals surface area contributed by atoms with Gasteiger partial charge in [-0.05, 0) is 47.0 Å². The Morgan fingerprint density at radius 3 is 2.42 bits per heavy atom. The highest BCUT2D eigenvalue weighted by Crippen LogP contribution is 2.30. The third-order valence-corrected chi connectivity index (χ3v) is 4.75. The Morgan fingerprint density at radius 2 is 1.83 bits per heavy atom. The van der Waals surface area contributed by atoms with Crippen LogP contribution in [-0.2, 0) is 9.59 Å². The number of nitrogens with one attached hydrogen (secondary N) is 2. The highest BCUT2D eigenvalue weighted by atomic mass is 79.9. The first-order valence-electron chi connectivity index (χ1n) is 7.60. The molecule has 1 fully saturated rings. The second-order valence-corrected chi connectivity index (χ2v) is 6.48. The molecule has 1 aromatic rings. The topological polar surface area (TPSA) is 105 Å². The summed E-state index contributed by atoms with van der Waals surface area (Å²) in [7, 11) is 1.52. The van der Waals surface area contributed by atoms with E-state index in [1.807, 2.05) is 0 Å². The number of aliphatic carboxylic acids is 1. The molecule has 1 aromatic carbocycles. The molecule has 3 N–H and O–H groups in total. The van der Waals surface area contributed by atoms with E-state index in [2.05, 4.69) is 26.8 Å². The summed E-state index contributed by atoms with van der Waals surface area (Å²) in [4.78, 5) is 35.5. The minimum absolute atomic E-state index is 0.335. The van der Waals surface area contributed by atoms with Gasteiger partial charge in [-0.3, -0.25) is 25.2 Å². The zero-order valence-electron chi connectivity index (χ0n) is 13.2. The number of ether oxygens (including phenoxy) is 1. The van der Waals surface area contributed by atoms with Gasteiger partial charge in [0.15, 0.2) is 0 Å². The number of carboxylic acid groups (broad SMARTS) is 1. The van der Waals surface area contributed by atoms with Gasteiger partial charge in [-0.15, -0.1) is 0 Å². The standard InChI is InChI=1S/C16H19BrN2O5/c1-24-13-7-6-9(8-12(13)17)14(20)18-19-15(21)10-4-2-3-5-11(10)16(22)23/h6-8,10-11H,2-5H2,1H3,(H,18,20)(H,19,21)(H,22,23)/t10-,11-/m0/s1. The van der Waals surface area contributed by atoms with Gasteiger partial charge in [0.25, 0.3) is 5.91 Å². The van der Waals surface area contributed by atoms with E-state index < -0.39 is 29.6 Å². The molecule has 1 aliphatic rings. The van der Waals surface area contributed by atoms with E-state index in [-0.39, 0.29) is 0 Å². The molecule has 2 atom stereocenters. The fourth-order valence-corrected chi connectivity index (χ4v) is 3.37. The minimum atomic E-state index is -0.972. The van der Waals surface area contributed by atoms with Gasteiger partial charge in [0, 0.05) is 5.56 Å². The van der Waals surface area contributed by atoms with Gasteiger partial charge in [-0.2, -0.15) is 0 Å². The predicted octanol–water partition coefficient (Wildman–Crippen LogP) is 2.11. The van der Waals surface area contributed by atoms with Crippen LogP contribution in [0.2, 0.25) is 0 Å². The number of carbonyl (C=O) groups is 3. The van der Waals surface area contributed by atoms with Crippen LogP contribution in [0.4, 0.5) is 0 Å². The average Bonchev–Trinajstić information content (AvgIpc) is 2.59. The Labute approximate surface area is 147 Å². The number of hydrazine groups is 1. The Hall–Kier alpha value is -2.09. The molecule has 0 radical (unpaired) electrons. The van der Waals surface area contributed by atoms with Crippen LogP contribution in [0, 0.1) is 11.8 Å². The molecule has 1 saturated carbocycles. The predicted molar refractivity (Wildman–Crippen MR) is 89.4 cm³/mol. The summed E-state index contributed by atoms with van der Waals surface area (Å²) < 4.78 is 5.70. The summed E-state index contributed by atoms with van der Waals surface area (Å²) in [5.41, 5.74) is 5.00. The molecule has 7 nitrogen and oxygen atoms in total. The summed E-state index contributed by atoms with van der Waals surface area (Å²) in [5.74, 6) is -2.68. The van der Waals surface area contributed by atoms with Crippen LogP contribution in [-0.4, -0.2) is 30.0 Å². The van der Waals surface area contributed by atoms with E-state index in [9.17, 15) is 19.5 Å². The van der Waals surface area contributed by atoms with Crippen molar-refractivity contribution in [1.29, 1.82) is 0 Å². The van der Waals surface area contributed by atoms with Crippen molar-refractivity contribution < 1.29 is 24.2 Å². The lowest BCUT2D eigenvalue weighted by Crippen LogP contribution is -2.47. The van der Waals surface area contributed by atoms with Gasteiger partial charge in [-0.1, -0.05) is 12.8 Å². The van der Waals surface area contributed by atoms with Crippen molar-refractivity contribution in [3.63, 3.8) is 0 Å². The molecule has 0 aromatic heterocycles. The number of methoxy groups -OCH3 is 1. The zero-order valence-corrected chi connectivity index (χ0v) is 14.8. The van der Waals surface area contributed by atoms with Crippen molar-refractivity contribution in [3.05, 3.63) is 28.2 Å². The third kappa shape index (κ3) is 4.25. The largest absolute Gasteiger partial charge is 0.496 e. The highest BCUT2D eigenvalue weighted by molar-refractivity contribution is 9.10. The van der Waals surface area contributed by atoms with Crippen molar-refractivity contribution in [2.75, 3.05) is 7.11 Å². The van der Waals surface area contributed by atoms with Gasteiger partial charge in [0.1, 0.15) is 5.75 Å². The maximum Gasteiger partial charge on any atom is 0.307 e. The van der Waals surface area contributed by atoms with Crippen molar-refractivity contribution >= 4 is 33.7 Å². The van der Waals surface area contributed by atoms with E-state index in [1.54, 1.807) is 18.2 Å². The molecular weight excluding hydrogens is 380 g/mol. The molecule has 1 aliphatic carbocycles. The van der Waals surface area contributed by atoms with Crippen LogP contribution in [0.15, 0.2) is 22.7 Å². The smallest absolute Gasteiger partial charge is 0.307 e. The third-order valence-electron chi connectivity index (χ3n) is 4.13. The molecular formula is C16H19BrN2O5. The van der Waals surface area contributed by atoms with E-state index in [0.717, 1.165) is 12.8 Å². The van der Waals surface area contributed by atoms with E-state index in [1.165, 1.54) is 7.11 Å². The summed E-state index contributed by atoms with van der Waals surface area (Å²) in [6.45, 7) is 0. The number of hydrogen-bond acceptors (Lipinski definition) is 4. The maximum absolute atomic E-state index is 12.2. The Balaban J connectivity index is 1.96. The molecule has 8 heteroatoms. The molecule has 0 aliphatic heterocycles. The van der Waals surface area contributed by atoms with Crippen LogP contribution in [0.1, 0.15) is 36.0 Å². The Kier molecular flexibility index (Phi) is 6.19.